The van der Waals surface area contributed by atoms with Gasteiger partial charge >= 0.3 is 7.60 Å². The van der Waals surface area contributed by atoms with Crippen LogP contribution in [0.3, 0.4) is 0 Å². The molecule has 0 radical (unpaired) electrons. The maximum Gasteiger partial charge on any atom is 0.359 e. The summed E-state index contributed by atoms with van der Waals surface area (Å²) in [6, 6.07) is 0. The monoisotopic (exact) mass is 224 g/mol. The fourth-order valence-corrected chi connectivity index (χ4v) is 2.56. The molecule has 0 aliphatic heterocycles. The molecule has 0 aliphatic carbocycles. The maximum atomic E-state index is 11.8. The zero-order chi connectivity index (χ0) is 11.2. The summed E-state index contributed by atoms with van der Waals surface area (Å²) in [5.74, 6) is -1.61. The fraction of sp³-hybridized carbons (Fsp3) is 0.875. The Bertz CT molecular complexity index is 218. The van der Waals surface area contributed by atoms with Crippen molar-refractivity contribution in [2.75, 3.05) is 13.2 Å². The van der Waals surface area contributed by atoms with Gasteiger partial charge in [0.05, 0.1) is 13.2 Å². The number of aliphatic hydroxyl groups is 1. The Kier molecular flexibility index (Phi) is 6.20. The molecule has 0 aliphatic rings. The van der Waals surface area contributed by atoms with Crippen molar-refractivity contribution in [3.05, 3.63) is 0 Å². The van der Waals surface area contributed by atoms with Crippen LogP contribution in [-0.2, 0) is 18.4 Å². The summed E-state index contributed by atoms with van der Waals surface area (Å²) >= 11 is 0. The van der Waals surface area contributed by atoms with Crippen LogP contribution >= 0.6 is 7.60 Å². The average molecular weight is 224 g/mol. The summed E-state index contributed by atoms with van der Waals surface area (Å²) in [6.07, 6.45) is -0.211. The highest BCUT2D eigenvalue weighted by Gasteiger charge is 2.34. The van der Waals surface area contributed by atoms with Crippen LogP contribution in [0.25, 0.3) is 0 Å². The van der Waals surface area contributed by atoms with Crippen LogP contribution in [0, 0.1) is 0 Å². The summed E-state index contributed by atoms with van der Waals surface area (Å²) in [5, 5.41) is 9.47. The van der Waals surface area contributed by atoms with Gasteiger partial charge in [0.1, 0.15) is 5.78 Å². The molecule has 6 heteroatoms. The molecule has 0 bridgehead atoms. The number of hydrogen-bond donors (Lipinski definition) is 1. The summed E-state index contributed by atoms with van der Waals surface area (Å²) in [6.45, 7) is 4.95. The van der Waals surface area contributed by atoms with E-state index in [1.807, 2.05) is 0 Å². The lowest BCUT2D eigenvalue weighted by Gasteiger charge is -2.21. The van der Waals surface area contributed by atoms with E-state index in [0.717, 1.165) is 0 Å². The van der Waals surface area contributed by atoms with E-state index in [0.29, 0.717) is 0 Å². The van der Waals surface area contributed by atoms with E-state index >= 15 is 0 Å². The van der Waals surface area contributed by atoms with Gasteiger partial charge in [-0.25, -0.2) is 0 Å². The second-order valence-corrected chi connectivity index (χ2v) is 4.95. The number of hydrogen-bond acceptors (Lipinski definition) is 5. The van der Waals surface area contributed by atoms with Crippen molar-refractivity contribution in [2.45, 2.75) is 33.0 Å². The Hall–Kier alpha value is -0.220. The van der Waals surface area contributed by atoms with Gasteiger partial charge in [0, 0.05) is 6.42 Å². The first-order valence-electron chi connectivity index (χ1n) is 4.52. The van der Waals surface area contributed by atoms with Crippen LogP contribution in [0.5, 0.6) is 0 Å². The molecule has 0 saturated heterocycles. The topological polar surface area (TPSA) is 72.8 Å². The van der Waals surface area contributed by atoms with Crippen LogP contribution in [0.4, 0.5) is 0 Å². The highest BCUT2D eigenvalue weighted by Crippen LogP contribution is 2.52. The number of carbonyl (C=O) groups is 1. The molecular weight excluding hydrogens is 207 g/mol. The second kappa shape index (κ2) is 6.30. The molecule has 0 spiro atoms. The highest BCUT2D eigenvalue weighted by molar-refractivity contribution is 7.54. The molecule has 84 valence electrons. The van der Waals surface area contributed by atoms with Crippen molar-refractivity contribution in [1.29, 1.82) is 0 Å². The molecule has 1 N–H and O–H groups in total. The van der Waals surface area contributed by atoms with Crippen molar-refractivity contribution in [3.63, 3.8) is 0 Å². The van der Waals surface area contributed by atoms with Gasteiger partial charge in [-0.3, -0.25) is 9.36 Å². The minimum Gasteiger partial charge on any atom is -0.380 e. The number of rotatable bonds is 7. The number of aliphatic hydroxyl groups excluding tert-OH is 1. The smallest absolute Gasteiger partial charge is 0.359 e. The fourth-order valence-electron chi connectivity index (χ4n) is 0.938. The third-order valence-electron chi connectivity index (χ3n) is 1.45. The lowest BCUT2D eigenvalue weighted by atomic mass is 10.3. The molecule has 0 fully saturated rings. The molecule has 0 aromatic rings. The van der Waals surface area contributed by atoms with Crippen LogP contribution < -0.4 is 0 Å². The second-order valence-electron chi connectivity index (χ2n) is 2.76. The first kappa shape index (κ1) is 13.8. The van der Waals surface area contributed by atoms with Gasteiger partial charge < -0.3 is 14.2 Å². The summed E-state index contributed by atoms with van der Waals surface area (Å²) in [5.41, 5.74) is 0. The van der Waals surface area contributed by atoms with Crippen molar-refractivity contribution in [3.8, 4) is 0 Å². The zero-order valence-corrected chi connectivity index (χ0v) is 9.62. The Labute approximate surface area is 83.9 Å². The van der Waals surface area contributed by atoms with Gasteiger partial charge in [0.25, 0.3) is 0 Å². The molecule has 0 unspecified atom stereocenters. The molecule has 0 aromatic carbocycles. The van der Waals surface area contributed by atoms with E-state index in [1.165, 1.54) is 6.92 Å². The first-order chi connectivity index (χ1) is 6.46. The molecule has 0 amide bonds. The molecule has 14 heavy (non-hydrogen) atoms. The van der Waals surface area contributed by atoms with E-state index in [9.17, 15) is 14.5 Å². The van der Waals surface area contributed by atoms with Gasteiger partial charge in [0.2, 0.25) is 0 Å². The summed E-state index contributed by atoms with van der Waals surface area (Å²) < 4.78 is 21.5. The average Bonchev–Trinajstić information content (AvgIpc) is 2.03. The predicted molar refractivity (Wildman–Crippen MR) is 52.2 cm³/mol. The van der Waals surface area contributed by atoms with Crippen molar-refractivity contribution >= 4 is 13.4 Å². The molecule has 1 atom stereocenters. The molecule has 0 rings (SSSR count). The Morgan fingerprint density at radius 1 is 1.36 bits per heavy atom. The molecule has 0 heterocycles. The lowest BCUT2D eigenvalue weighted by molar-refractivity contribution is -0.118. The number of carbonyl (C=O) groups excluding carboxylic acids is 1. The van der Waals surface area contributed by atoms with Gasteiger partial charge in [-0.15, -0.1) is 0 Å². The van der Waals surface area contributed by atoms with E-state index in [2.05, 4.69) is 0 Å². The molecular formula is C8H17O5P. The van der Waals surface area contributed by atoms with Crippen molar-refractivity contribution in [1.82, 2.24) is 0 Å². The van der Waals surface area contributed by atoms with Gasteiger partial charge in [-0.1, -0.05) is 0 Å². The van der Waals surface area contributed by atoms with Crippen LogP contribution in [-0.4, -0.2) is 29.9 Å². The van der Waals surface area contributed by atoms with Gasteiger partial charge in [0.15, 0.2) is 5.85 Å². The predicted octanol–water partition coefficient (Wildman–Crippen LogP) is 1.55. The Morgan fingerprint density at radius 2 is 1.79 bits per heavy atom. The quantitative estimate of drug-likeness (QED) is 0.664. The molecule has 0 aromatic heterocycles. The van der Waals surface area contributed by atoms with Crippen molar-refractivity contribution in [2.24, 2.45) is 0 Å². The van der Waals surface area contributed by atoms with Gasteiger partial charge in [-0.05, 0) is 20.8 Å². The minimum atomic E-state index is -3.53. The summed E-state index contributed by atoms with van der Waals surface area (Å²) in [4.78, 5) is 10.7. The Morgan fingerprint density at radius 3 is 2.07 bits per heavy atom. The van der Waals surface area contributed by atoms with Crippen molar-refractivity contribution < 1.29 is 23.5 Å². The van der Waals surface area contributed by atoms with E-state index in [4.69, 9.17) is 9.05 Å². The molecule has 0 saturated carbocycles. The number of ketones is 1. The first-order valence-corrected chi connectivity index (χ1v) is 6.13. The standard InChI is InChI=1S/C8H17O5P/c1-4-12-14(11,13-5-2)8(10)6-7(3)9/h8,10H,4-6H2,1-3H3/t8-/m1/s1. The van der Waals surface area contributed by atoms with E-state index in [-0.39, 0.29) is 25.4 Å². The normalized spacial score (nSPS) is 14.0. The zero-order valence-electron chi connectivity index (χ0n) is 8.73. The van der Waals surface area contributed by atoms with Crippen LogP contribution in [0.2, 0.25) is 0 Å². The minimum absolute atomic E-state index is 0.173. The third kappa shape index (κ3) is 4.33. The number of Topliss-reactive ketones (excluding diaryl/α,β-unsaturated/α-hetero) is 1. The summed E-state index contributed by atoms with van der Waals surface area (Å²) in [7, 11) is -3.53. The molecule has 5 nitrogen and oxygen atoms in total. The van der Waals surface area contributed by atoms with Crippen LogP contribution in [0.15, 0.2) is 0 Å². The van der Waals surface area contributed by atoms with E-state index < -0.39 is 13.4 Å². The third-order valence-corrected chi connectivity index (χ3v) is 3.60. The van der Waals surface area contributed by atoms with E-state index in [1.54, 1.807) is 13.8 Å². The lowest BCUT2D eigenvalue weighted by Crippen LogP contribution is -2.15. The SMILES string of the molecule is CCOP(=O)(OCC)[C@@H](O)CC(C)=O. The largest absolute Gasteiger partial charge is 0.380 e. The highest BCUT2D eigenvalue weighted by atomic mass is 31.2. The Balaban J connectivity index is 4.46. The maximum absolute atomic E-state index is 11.8. The van der Waals surface area contributed by atoms with Crippen LogP contribution in [0.1, 0.15) is 27.2 Å². The van der Waals surface area contributed by atoms with Gasteiger partial charge in [-0.2, -0.15) is 0 Å².